The Hall–Kier alpha value is -0.460. The Balaban J connectivity index is 0.00000121. The van der Waals surface area contributed by atoms with Gasteiger partial charge in [-0.1, -0.05) is 30.3 Å². The smallest absolute Gasteiger partial charge is 0.240 e. The average molecular weight is 364 g/mol. The zero-order valence-electron chi connectivity index (χ0n) is 12.4. The van der Waals surface area contributed by atoms with E-state index in [4.69, 9.17) is 0 Å². The van der Waals surface area contributed by atoms with Gasteiger partial charge in [-0.25, -0.2) is 0 Å². The van der Waals surface area contributed by atoms with Crippen LogP contribution in [-0.2, 0) is 11.3 Å². The van der Waals surface area contributed by atoms with Crippen molar-refractivity contribution in [3.8, 4) is 0 Å². The monoisotopic (exact) mass is 363 g/mol. The van der Waals surface area contributed by atoms with Gasteiger partial charge in [0.05, 0.1) is 6.04 Å². The minimum atomic E-state index is 0. The van der Waals surface area contributed by atoms with Crippen LogP contribution in [0.25, 0.3) is 0 Å². The minimum absolute atomic E-state index is 0. The Labute approximate surface area is 148 Å². The molecule has 0 bridgehead atoms. The zero-order chi connectivity index (χ0) is 13.8. The van der Waals surface area contributed by atoms with Gasteiger partial charge in [0.25, 0.3) is 0 Å². The maximum absolute atomic E-state index is 12.3. The molecule has 2 fully saturated rings. The lowest BCUT2D eigenvalue weighted by Gasteiger charge is -2.35. The highest BCUT2D eigenvalue weighted by atomic mass is 35.5. The van der Waals surface area contributed by atoms with E-state index >= 15 is 0 Å². The third-order valence-corrected chi connectivity index (χ3v) is 4.89. The number of nitrogens with zero attached hydrogens (tertiary/aromatic N) is 2. The number of rotatable bonds is 3. The van der Waals surface area contributed by atoms with E-state index in [0.717, 1.165) is 44.4 Å². The van der Waals surface area contributed by atoms with Crippen LogP contribution in [0.4, 0.5) is 0 Å². The Morgan fingerprint density at radius 2 is 1.82 bits per heavy atom. The minimum Gasteiger partial charge on any atom is -0.339 e. The fourth-order valence-corrected chi connectivity index (χ4v) is 3.68. The summed E-state index contributed by atoms with van der Waals surface area (Å²) in [5.41, 5.74) is 1.35. The summed E-state index contributed by atoms with van der Waals surface area (Å²) in [6.45, 7) is 4.64. The number of piperazine rings is 1. The van der Waals surface area contributed by atoms with Crippen LogP contribution in [0.15, 0.2) is 30.3 Å². The lowest BCUT2D eigenvalue weighted by atomic mass is 10.2. The van der Waals surface area contributed by atoms with E-state index in [-0.39, 0.29) is 36.8 Å². The Morgan fingerprint density at radius 1 is 1.14 bits per heavy atom. The topological polar surface area (TPSA) is 35.6 Å². The summed E-state index contributed by atoms with van der Waals surface area (Å²) in [7, 11) is 0. The summed E-state index contributed by atoms with van der Waals surface area (Å²) in [6.07, 6.45) is 0. The first-order valence-corrected chi connectivity index (χ1v) is 8.34. The summed E-state index contributed by atoms with van der Waals surface area (Å²) in [5, 5.41) is 3.26. The number of carbonyl (C=O) groups excluding carboxylic acids is 1. The predicted octanol–water partition coefficient (Wildman–Crippen LogP) is 1.84. The first-order valence-electron chi connectivity index (χ1n) is 7.19. The largest absolute Gasteiger partial charge is 0.339 e. The summed E-state index contributed by atoms with van der Waals surface area (Å²) in [6, 6.07) is 10.6. The van der Waals surface area contributed by atoms with Crippen molar-refractivity contribution in [2.45, 2.75) is 12.6 Å². The van der Waals surface area contributed by atoms with Crippen molar-refractivity contribution < 1.29 is 4.79 Å². The molecule has 1 N–H and O–H groups in total. The molecule has 22 heavy (non-hydrogen) atoms. The molecule has 1 atom stereocenters. The molecule has 7 heteroatoms. The number of thioether (sulfide) groups is 1. The van der Waals surface area contributed by atoms with Crippen LogP contribution >= 0.6 is 36.6 Å². The van der Waals surface area contributed by atoms with Crippen molar-refractivity contribution in [2.75, 3.05) is 37.8 Å². The molecule has 0 aliphatic carbocycles. The second-order valence-electron chi connectivity index (χ2n) is 5.36. The molecule has 1 aromatic rings. The third-order valence-electron chi connectivity index (χ3n) is 3.95. The van der Waals surface area contributed by atoms with Crippen molar-refractivity contribution >= 4 is 42.5 Å². The second-order valence-corrected chi connectivity index (χ2v) is 6.39. The van der Waals surface area contributed by atoms with Gasteiger partial charge in [-0.05, 0) is 5.56 Å². The second kappa shape index (κ2) is 9.63. The fraction of sp³-hybridized carbons (Fsp3) is 0.533. The van der Waals surface area contributed by atoms with Gasteiger partial charge in [-0.15, -0.1) is 36.6 Å². The first-order chi connectivity index (χ1) is 9.83. The van der Waals surface area contributed by atoms with E-state index in [2.05, 4.69) is 34.5 Å². The normalized spacial score (nSPS) is 21.8. The van der Waals surface area contributed by atoms with E-state index < -0.39 is 0 Å². The Kier molecular flexibility index (Phi) is 8.57. The molecule has 124 valence electrons. The van der Waals surface area contributed by atoms with Gasteiger partial charge < -0.3 is 4.90 Å². The van der Waals surface area contributed by atoms with E-state index in [1.165, 1.54) is 5.56 Å². The standard InChI is InChI=1S/C15H21N3OS.2ClH/c19-15(14-11-20-12-16-14)18-8-6-17(7-9-18)10-13-4-2-1-3-5-13;;/h1-5,14,16H,6-12H2;2*1H. The van der Waals surface area contributed by atoms with Crippen LogP contribution in [0, 0.1) is 0 Å². The quantitative estimate of drug-likeness (QED) is 0.888. The lowest BCUT2D eigenvalue weighted by molar-refractivity contribution is -0.134. The van der Waals surface area contributed by atoms with Gasteiger partial charge in [-0.3, -0.25) is 15.0 Å². The van der Waals surface area contributed by atoms with Crippen molar-refractivity contribution in [1.29, 1.82) is 0 Å². The molecule has 2 saturated heterocycles. The third kappa shape index (κ3) is 5.03. The van der Waals surface area contributed by atoms with E-state index in [0.29, 0.717) is 0 Å². The first kappa shape index (κ1) is 19.6. The zero-order valence-corrected chi connectivity index (χ0v) is 14.9. The highest BCUT2D eigenvalue weighted by Gasteiger charge is 2.29. The molecule has 2 aliphatic rings. The van der Waals surface area contributed by atoms with E-state index in [1.54, 1.807) is 0 Å². The van der Waals surface area contributed by atoms with Crippen molar-refractivity contribution in [3.05, 3.63) is 35.9 Å². The summed E-state index contributed by atoms with van der Waals surface area (Å²) in [4.78, 5) is 16.7. The SMILES string of the molecule is Cl.Cl.O=C(C1CSCN1)N1CCN(Cc2ccccc2)CC1. The van der Waals surface area contributed by atoms with Crippen LogP contribution in [0.2, 0.25) is 0 Å². The number of hydrogen-bond donors (Lipinski definition) is 1. The molecule has 2 aliphatic heterocycles. The summed E-state index contributed by atoms with van der Waals surface area (Å²) >= 11 is 1.81. The molecule has 3 rings (SSSR count). The highest BCUT2D eigenvalue weighted by molar-refractivity contribution is 7.99. The molecule has 0 spiro atoms. The molecule has 0 saturated carbocycles. The van der Waals surface area contributed by atoms with Crippen LogP contribution in [0.1, 0.15) is 5.56 Å². The number of benzene rings is 1. The van der Waals surface area contributed by atoms with E-state index in [9.17, 15) is 4.79 Å². The number of halogens is 2. The van der Waals surface area contributed by atoms with Crippen molar-refractivity contribution in [3.63, 3.8) is 0 Å². The lowest BCUT2D eigenvalue weighted by Crippen LogP contribution is -2.53. The summed E-state index contributed by atoms with van der Waals surface area (Å²) in [5.74, 6) is 2.11. The van der Waals surface area contributed by atoms with Crippen LogP contribution < -0.4 is 5.32 Å². The Morgan fingerprint density at radius 3 is 2.41 bits per heavy atom. The van der Waals surface area contributed by atoms with E-state index in [1.807, 2.05) is 22.7 Å². The number of hydrogen-bond acceptors (Lipinski definition) is 4. The number of nitrogens with one attached hydrogen (secondary N) is 1. The van der Waals surface area contributed by atoms with Crippen LogP contribution in [0.3, 0.4) is 0 Å². The molecule has 1 unspecified atom stereocenters. The molecular formula is C15H23Cl2N3OS. The maximum atomic E-state index is 12.3. The molecule has 0 aromatic heterocycles. The molecule has 4 nitrogen and oxygen atoms in total. The van der Waals surface area contributed by atoms with Gasteiger partial charge in [-0.2, -0.15) is 0 Å². The van der Waals surface area contributed by atoms with Gasteiger partial charge in [0, 0.05) is 44.4 Å². The molecular weight excluding hydrogens is 341 g/mol. The average Bonchev–Trinajstić information content (AvgIpc) is 3.03. The number of carbonyl (C=O) groups is 1. The van der Waals surface area contributed by atoms with Gasteiger partial charge in [0.1, 0.15) is 0 Å². The molecule has 1 aromatic carbocycles. The van der Waals surface area contributed by atoms with Crippen molar-refractivity contribution in [1.82, 2.24) is 15.1 Å². The molecule has 0 radical (unpaired) electrons. The highest BCUT2D eigenvalue weighted by Crippen LogP contribution is 2.14. The van der Waals surface area contributed by atoms with Crippen LogP contribution in [-0.4, -0.2) is 59.6 Å². The summed E-state index contributed by atoms with van der Waals surface area (Å²) < 4.78 is 0. The maximum Gasteiger partial charge on any atom is 0.240 e. The number of amides is 1. The molecule has 2 heterocycles. The fourth-order valence-electron chi connectivity index (χ4n) is 2.74. The predicted molar refractivity (Wildman–Crippen MR) is 97.0 cm³/mol. The van der Waals surface area contributed by atoms with Crippen LogP contribution in [0.5, 0.6) is 0 Å². The Bertz CT molecular complexity index is 449. The molecule has 1 amide bonds. The van der Waals surface area contributed by atoms with Gasteiger partial charge in [0.15, 0.2) is 0 Å². The van der Waals surface area contributed by atoms with Gasteiger partial charge >= 0.3 is 0 Å². The van der Waals surface area contributed by atoms with Crippen molar-refractivity contribution in [2.24, 2.45) is 0 Å². The van der Waals surface area contributed by atoms with Gasteiger partial charge in [0.2, 0.25) is 5.91 Å².